The van der Waals surface area contributed by atoms with Gasteiger partial charge in [-0.1, -0.05) is 85.0 Å². The van der Waals surface area contributed by atoms with Crippen molar-refractivity contribution in [2.24, 2.45) is 33.8 Å². The van der Waals surface area contributed by atoms with E-state index in [0.717, 1.165) is 25.7 Å². The van der Waals surface area contributed by atoms with Gasteiger partial charge in [0.2, 0.25) is 29.5 Å². The summed E-state index contributed by atoms with van der Waals surface area (Å²) >= 11 is 0. The highest BCUT2D eigenvalue weighted by atomic mass is 16.3. The molecule has 14 N–H and O–H groups in total. The Morgan fingerprint density at radius 3 is 1.37 bits per heavy atom. The lowest BCUT2D eigenvalue weighted by atomic mass is 10.0. The number of carbonyl (C=O) groups is 6. The van der Waals surface area contributed by atoms with Crippen LogP contribution in [0.2, 0.25) is 0 Å². The molecule has 17 nitrogen and oxygen atoms in total. The molecule has 0 bridgehead atoms. The number of guanidine groups is 1. The van der Waals surface area contributed by atoms with Gasteiger partial charge in [-0.05, 0) is 90.1 Å². The minimum absolute atomic E-state index is 0.0654. The number of rotatable bonds is 37. The lowest BCUT2D eigenvalue weighted by Gasteiger charge is -2.28. The van der Waals surface area contributed by atoms with E-state index in [1.54, 1.807) is 0 Å². The average molecular weight is 839 g/mol. The number of carbonyl (C=O) groups excluding carboxylic acids is 6. The van der Waals surface area contributed by atoms with E-state index in [1.165, 1.54) is 51.9 Å². The van der Waals surface area contributed by atoms with Crippen molar-refractivity contribution in [2.75, 3.05) is 26.2 Å². The summed E-state index contributed by atoms with van der Waals surface area (Å²) in [6.07, 6.45) is 16.6. The van der Waals surface area contributed by atoms with Crippen LogP contribution in [0, 0.1) is 5.92 Å². The maximum Gasteiger partial charge on any atom is 0.243 e. The molecule has 0 aromatic carbocycles. The van der Waals surface area contributed by atoms with Crippen LogP contribution >= 0.6 is 0 Å². The molecule has 5 amide bonds. The van der Waals surface area contributed by atoms with Crippen LogP contribution in [0.3, 0.4) is 0 Å². The van der Waals surface area contributed by atoms with Gasteiger partial charge in [0.1, 0.15) is 30.2 Å². The number of aliphatic hydroxyl groups is 1. The molecule has 0 aliphatic carbocycles. The minimum atomic E-state index is -1.17. The van der Waals surface area contributed by atoms with Gasteiger partial charge in [0.15, 0.2) is 11.7 Å². The van der Waals surface area contributed by atoms with E-state index >= 15 is 0 Å². The van der Waals surface area contributed by atoms with Gasteiger partial charge in [-0.3, -0.25) is 33.8 Å². The molecule has 0 unspecified atom stereocenters. The van der Waals surface area contributed by atoms with E-state index < -0.39 is 66.2 Å². The molecule has 17 heteroatoms. The van der Waals surface area contributed by atoms with Gasteiger partial charge in [-0.2, -0.15) is 0 Å². The van der Waals surface area contributed by atoms with Crippen molar-refractivity contribution >= 4 is 41.3 Å². The molecule has 0 heterocycles. The molecule has 5 atom stereocenters. The van der Waals surface area contributed by atoms with Crippen LogP contribution in [0.15, 0.2) is 4.99 Å². The van der Waals surface area contributed by atoms with E-state index in [0.29, 0.717) is 58.0 Å². The quantitative estimate of drug-likeness (QED) is 0.0245. The summed E-state index contributed by atoms with van der Waals surface area (Å²) in [4.78, 5) is 83.7. The van der Waals surface area contributed by atoms with E-state index in [1.807, 2.05) is 13.8 Å². The van der Waals surface area contributed by atoms with Gasteiger partial charge in [0.05, 0.1) is 6.61 Å². The van der Waals surface area contributed by atoms with Crippen molar-refractivity contribution < 1.29 is 33.9 Å². The SMILES string of the molecule is CCCCCCCCCCCCCC(=O)N[C@@H](CCCCN)C(=O)N[C@@H](CCCCN)C(=O)N[C@@H](CC(C)C)C(=O)N[C@@H](CCCN=C(N)N)C(=O)N[C@@H](CO)C(C)=O. The predicted molar refractivity (Wildman–Crippen MR) is 234 cm³/mol. The third kappa shape index (κ3) is 28.3. The zero-order chi connectivity index (χ0) is 44.4. The van der Waals surface area contributed by atoms with Crippen molar-refractivity contribution in [2.45, 2.75) is 193 Å². The molecule has 59 heavy (non-hydrogen) atoms. The molecular weight excluding hydrogens is 757 g/mol. The topological polar surface area (TPSA) is 299 Å². The maximum absolute atomic E-state index is 13.9. The van der Waals surface area contributed by atoms with Gasteiger partial charge in [-0.15, -0.1) is 0 Å². The van der Waals surface area contributed by atoms with E-state index in [2.05, 4.69) is 38.5 Å². The average Bonchev–Trinajstić information content (AvgIpc) is 3.18. The molecule has 0 aromatic rings. The molecule has 342 valence electrons. The smallest absolute Gasteiger partial charge is 0.243 e. The lowest BCUT2D eigenvalue weighted by molar-refractivity contribution is -0.135. The summed E-state index contributed by atoms with van der Waals surface area (Å²) in [5, 5.41) is 23.3. The third-order valence-electron chi connectivity index (χ3n) is 10.1. The highest BCUT2D eigenvalue weighted by Gasteiger charge is 2.32. The van der Waals surface area contributed by atoms with Gasteiger partial charge in [-0.25, -0.2) is 0 Å². The van der Waals surface area contributed by atoms with Crippen LogP contribution in [-0.2, 0) is 28.8 Å². The second-order valence-electron chi connectivity index (χ2n) is 16.1. The molecule has 0 aliphatic rings. The van der Waals surface area contributed by atoms with E-state index in [4.69, 9.17) is 22.9 Å². The number of nitrogens with zero attached hydrogens (tertiary/aromatic N) is 1. The van der Waals surface area contributed by atoms with Crippen molar-refractivity contribution in [1.82, 2.24) is 26.6 Å². The second kappa shape index (κ2) is 35.0. The Morgan fingerprint density at radius 2 is 0.949 bits per heavy atom. The number of nitrogens with one attached hydrogen (secondary N) is 5. The molecule has 0 saturated heterocycles. The summed E-state index contributed by atoms with van der Waals surface area (Å²) in [7, 11) is 0. The number of aliphatic imine (C=N–C) groups is 1. The number of aliphatic hydroxyl groups excluding tert-OH is 1. The maximum atomic E-state index is 13.9. The molecule has 0 aromatic heterocycles. The van der Waals surface area contributed by atoms with Crippen molar-refractivity contribution in [3.63, 3.8) is 0 Å². The normalized spacial score (nSPS) is 13.7. The van der Waals surface area contributed by atoms with E-state index in [-0.39, 0.29) is 43.6 Å². The van der Waals surface area contributed by atoms with Crippen LogP contribution in [0.25, 0.3) is 0 Å². The van der Waals surface area contributed by atoms with E-state index in [9.17, 15) is 33.9 Å². The fraction of sp³-hybridized carbons (Fsp3) is 0.833. The molecule has 0 saturated carbocycles. The zero-order valence-corrected chi connectivity index (χ0v) is 36.8. The standard InChI is InChI=1S/C42H82N10O7/c1-5-6-7-8-9-10-11-12-13-14-15-24-37(55)48-32(21-16-18-25-43)38(56)49-33(22-17-19-26-44)39(57)51-35(28-30(2)3)41(59)50-34(23-20-27-47-42(45)46)40(58)52-36(29-53)31(4)54/h30,32-36,53H,5-29,43-44H2,1-4H3,(H,48,55)(H,49,56)(H,50,59)(H,51,57)(H,52,58)(H4,45,46,47)/t32-,33-,34-,35-,36-/m0/s1. The second-order valence-corrected chi connectivity index (χ2v) is 16.1. The number of Topliss-reactive ketones (excluding diaryl/α,β-unsaturated/α-hetero) is 1. The Kier molecular flexibility index (Phi) is 32.7. The largest absolute Gasteiger partial charge is 0.394 e. The van der Waals surface area contributed by atoms with Crippen LogP contribution in [0.5, 0.6) is 0 Å². The molecular formula is C42H82N10O7. The molecule has 0 spiro atoms. The van der Waals surface area contributed by atoms with Crippen LogP contribution in [0.4, 0.5) is 0 Å². The number of hydrogen-bond donors (Lipinski definition) is 10. The first-order valence-electron chi connectivity index (χ1n) is 22.3. The highest BCUT2D eigenvalue weighted by Crippen LogP contribution is 2.13. The van der Waals surface area contributed by atoms with Gasteiger partial charge >= 0.3 is 0 Å². The Balaban J connectivity index is 5.83. The Bertz CT molecular complexity index is 1230. The third-order valence-corrected chi connectivity index (χ3v) is 10.1. The molecule has 0 aliphatic heterocycles. The number of amides is 5. The van der Waals surface area contributed by atoms with Gasteiger partial charge in [0.25, 0.3) is 0 Å². The zero-order valence-electron chi connectivity index (χ0n) is 36.8. The van der Waals surface area contributed by atoms with Crippen molar-refractivity contribution in [1.29, 1.82) is 0 Å². The summed E-state index contributed by atoms with van der Waals surface area (Å²) < 4.78 is 0. The number of unbranched alkanes of at least 4 members (excludes halogenated alkanes) is 12. The molecule has 0 rings (SSSR count). The van der Waals surface area contributed by atoms with Gasteiger partial charge in [0, 0.05) is 13.0 Å². The first kappa shape index (κ1) is 55.2. The fourth-order valence-corrected chi connectivity index (χ4v) is 6.58. The van der Waals surface area contributed by atoms with Crippen molar-refractivity contribution in [3.8, 4) is 0 Å². The van der Waals surface area contributed by atoms with Crippen LogP contribution in [-0.4, -0.2) is 103 Å². The number of ketones is 1. The summed E-state index contributed by atoms with van der Waals surface area (Å²) in [6.45, 7) is 7.54. The van der Waals surface area contributed by atoms with Crippen molar-refractivity contribution in [3.05, 3.63) is 0 Å². The lowest BCUT2D eigenvalue weighted by Crippen LogP contribution is -2.59. The fourth-order valence-electron chi connectivity index (χ4n) is 6.58. The Morgan fingerprint density at radius 1 is 0.542 bits per heavy atom. The Labute approximate surface area is 353 Å². The van der Waals surface area contributed by atoms with Crippen LogP contribution in [0.1, 0.15) is 163 Å². The summed E-state index contributed by atoms with van der Waals surface area (Å²) in [5.41, 5.74) is 22.3. The first-order chi connectivity index (χ1) is 28.2. The molecule has 0 radical (unpaired) electrons. The van der Waals surface area contributed by atoms with Gasteiger partial charge < -0.3 is 54.6 Å². The number of hydrogen-bond acceptors (Lipinski definition) is 10. The first-order valence-corrected chi connectivity index (χ1v) is 22.3. The number of nitrogens with two attached hydrogens (primary N) is 4. The van der Waals surface area contributed by atoms with Crippen LogP contribution < -0.4 is 49.5 Å². The minimum Gasteiger partial charge on any atom is -0.394 e. The Hall–Kier alpha value is -3.83. The highest BCUT2D eigenvalue weighted by molar-refractivity contribution is 5.96. The summed E-state index contributed by atoms with van der Waals surface area (Å²) in [6, 6.07) is -5.34. The monoisotopic (exact) mass is 839 g/mol. The molecule has 0 fully saturated rings. The summed E-state index contributed by atoms with van der Waals surface area (Å²) in [5.74, 6) is -3.36. The predicted octanol–water partition coefficient (Wildman–Crippen LogP) is 2.05.